The average Bonchev–Trinajstić information content (AvgIpc) is 3.41. The van der Waals surface area contributed by atoms with E-state index in [-0.39, 0.29) is 23.7 Å². The van der Waals surface area contributed by atoms with Crippen molar-refractivity contribution in [3.8, 4) is 0 Å². The van der Waals surface area contributed by atoms with E-state index in [4.69, 9.17) is 0 Å². The average molecular weight is 391 g/mol. The minimum absolute atomic E-state index is 0.0515. The van der Waals surface area contributed by atoms with Crippen molar-refractivity contribution in [1.29, 1.82) is 0 Å². The number of benzene rings is 2. The summed E-state index contributed by atoms with van der Waals surface area (Å²) in [5, 5.41) is 2.90. The Kier molecular flexibility index (Phi) is 3.94. The second kappa shape index (κ2) is 6.51. The SMILES string of the molecule is CN1CCN(c2cccc(NC(=O)c3ccc4[nH]c(=O)n(C5CC5)c4c3)c2)C1=O. The van der Waals surface area contributed by atoms with Crippen molar-refractivity contribution in [2.75, 3.05) is 30.4 Å². The summed E-state index contributed by atoms with van der Waals surface area (Å²) < 4.78 is 1.74. The second-order valence-electron chi connectivity index (χ2n) is 7.62. The molecule has 148 valence electrons. The first-order valence-electron chi connectivity index (χ1n) is 9.69. The third kappa shape index (κ3) is 3.06. The van der Waals surface area contributed by atoms with Crippen LogP contribution in [0.4, 0.5) is 16.2 Å². The maximum atomic E-state index is 12.8. The van der Waals surface area contributed by atoms with E-state index in [1.54, 1.807) is 51.7 Å². The van der Waals surface area contributed by atoms with Crippen LogP contribution in [0.25, 0.3) is 11.0 Å². The number of hydrogen-bond acceptors (Lipinski definition) is 3. The van der Waals surface area contributed by atoms with Crippen molar-refractivity contribution in [2.24, 2.45) is 0 Å². The van der Waals surface area contributed by atoms with Gasteiger partial charge in [0, 0.05) is 43.1 Å². The van der Waals surface area contributed by atoms with E-state index >= 15 is 0 Å². The Labute approximate surface area is 166 Å². The number of nitrogens with one attached hydrogen (secondary N) is 2. The summed E-state index contributed by atoms with van der Waals surface area (Å²) in [5.41, 5.74) is 3.20. The van der Waals surface area contributed by atoms with Crippen molar-refractivity contribution in [1.82, 2.24) is 14.5 Å². The van der Waals surface area contributed by atoms with Crippen LogP contribution in [0.2, 0.25) is 0 Å². The molecular weight excluding hydrogens is 370 g/mol. The lowest BCUT2D eigenvalue weighted by Gasteiger charge is -2.17. The van der Waals surface area contributed by atoms with Crippen LogP contribution in [-0.2, 0) is 0 Å². The van der Waals surface area contributed by atoms with Gasteiger partial charge in [0.25, 0.3) is 5.91 Å². The van der Waals surface area contributed by atoms with E-state index in [1.165, 1.54) is 0 Å². The monoisotopic (exact) mass is 391 g/mol. The molecule has 0 bridgehead atoms. The van der Waals surface area contributed by atoms with E-state index in [2.05, 4.69) is 10.3 Å². The summed E-state index contributed by atoms with van der Waals surface area (Å²) in [6.07, 6.45) is 1.97. The van der Waals surface area contributed by atoms with E-state index in [1.807, 2.05) is 12.1 Å². The number of hydrogen-bond donors (Lipinski definition) is 2. The highest BCUT2D eigenvalue weighted by atomic mass is 16.2. The lowest BCUT2D eigenvalue weighted by molar-refractivity contribution is 0.102. The van der Waals surface area contributed by atoms with Crippen LogP contribution in [0.15, 0.2) is 47.3 Å². The number of carbonyl (C=O) groups is 2. The fourth-order valence-electron chi connectivity index (χ4n) is 3.80. The first-order chi connectivity index (χ1) is 14.0. The lowest BCUT2D eigenvalue weighted by Crippen LogP contribution is -2.29. The van der Waals surface area contributed by atoms with Crippen molar-refractivity contribution in [3.63, 3.8) is 0 Å². The summed E-state index contributed by atoms with van der Waals surface area (Å²) in [6.45, 7) is 1.30. The zero-order chi connectivity index (χ0) is 20.1. The number of rotatable bonds is 4. The molecule has 8 nitrogen and oxygen atoms in total. The molecule has 8 heteroatoms. The molecule has 29 heavy (non-hydrogen) atoms. The third-order valence-corrected chi connectivity index (χ3v) is 5.52. The van der Waals surface area contributed by atoms with Crippen LogP contribution < -0.4 is 15.9 Å². The third-order valence-electron chi connectivity index (χ3n) is 5.52. The number of fused-ring (bicyclic) bond motifs is 1. The number of aromatic amines is 1. The molecule has 1 aliphatic carbocycles. The number of imidazole rings is 1. The molecule has 2 aliphatic rings. The molecule has 1 aromatic heterocycles. The predicted octanol–water partition coefficient (Wildman–Crippen LogP) is 2.79. The molecule has 2 aromatic carbocycles. The molecule has 2 N–H and O–H groups in total. The standard InChI is InChI=1S/C21H21N5O3/c1-24-9-10-25(21(24)29)16-4-2-3-14(12-16)22-19(27)13-5-8-17-18(11-13)26(15-6-7-15)20(28)23-17/h2-5,8,11-12,15H,6-7,9-10H2,1H3,(H,22,27)(H,23,28). The Morgan fingerprint density at radius 1 is 1.10 bits per heavy atom. The predicted molar refractivity (Wildman–Crippen MR) is 111 cm³/mol. The van der Waals surface area contributed by atoms with Gasteiger partial charge in [-0.2, -0.15) is 0 Å². The van der Waals surface area contributed by atoms with E-state index in [0.717, 1.165) is 29.6 Å². The highest BCUT2D eigenvalue weighted by Gasteiger charge is 2.28. The fraction of sp³-hybridized carbons (Fsp3) is 0.286. The van der Waals surface area contributed by atoms with Gasteiger partial charge in [0.2, 0.25) is 0 Å². The van der Waals surface area contributed by atoms with Gasteiger partial charge in [-0.25, -0.2) is 9.59 Å². The molecular formula is C21H21N5O3. The van der Waals surface area contributed by atoms with Crippen LogP contribution in [0.5, 0.6) is 0 Å². The zero-order valence-electron chi connectivity index (χ0n) is 16.0. The van der Waals surface area contributed by atoms with Crippen LogP contribution in [0, 0.1) is 0 Å². The molecule has 2 heterocycles. The summed E-state index contributed by atoms with van der Waals surface area (Å²) in [7, 11) is 1.77. The molecule has 1 saturated heterocycles. The minimum atomic E-state index is -0.259. The topological polar surface area (TPSA) is 90.4 Å². The Morgan fingerprint density at radius 2 is 1.93 bits per heavy atom. The summed E-state index contributed by atoms with van der Waals surface area (Å²) in [4.78, 5) is 43.4. The number of likely N-dealkylation sites (N-methyl/N-ethyl adjacent to an activating group) is 1. The van der Waals surface area contributed by atoms with Gasteiger partial charge in [-0.3, -0.25) is 14.3 Å². The van der Waals surface area contributed by atoms with E-state index < -0.39 is 0 Å². The maximum absolute atomic E-state index is 12.8. The van der Waals surface area contributed by atoms with Gasteiger partial charge in [-0.05, 0) is 49.2 Å². The lowest BCUT2D eigenvalue weighted by atomic mass is 10.1. The van der Waals surface area contributed by atoms with E-state index in [0.29, 0.717) is 24.3 Å². The molecule has 1 aliphatic heterocycles. The number of urea groups is 1. The first-order valence-corrected chi connectivity index (χ1v) is 9.69. The normalized spacial score (nSPS) is 16.7. The number of H-pyrrole nitrogens is 1. The molecule has 0 unspecified atom stereocenters. The van der Waals surface area contributed by atoms with Crippen LogP contribution in [-0.4, -0.2) is 46.5 Å². The molecule has 0 atom stereocenters. The van der Waals surface area contributed by atoms with Gasteiger partial charge < -0.3 is 15.2 Å². The highest BCUT2D eigenvalue weighted by Crippen LogP contribution is 2.35. The number of carbonyl (C=O) groups excluding carboxylic acids is 2. The summed E-state index contributed by atoms with van der Waals surface area (Å²) in [5.74, 6) is -0.259. The smallest absolute Gasteiger partial charge is 0.326 e. The van der Waals surface area contributed by atoms with E-state index in [9.17, 15) is 14.4 Å². The minimum Gasteiger partial charge on any atom is -0.326 e. The Balaban J connectivity index is 1.41. The van der Waals surface area contributed by atoms with Gasteiger partial charge in [0.1, 0.15) is 0 Å². The van der Waals surface area contributed by atoms with Crippen LogP contribution in [0.3, 0.4) is 0 Å². The van der Waals surface area contributed by atoms with Gasteiger partial charge in [0.05, 0.1) is 11.0 Å². The highest BCUT2D eigenvalue weighted by molar-refractivity contribution is 6.06. The number of amides is 3. The molecule has 1 saturated carbocycles. The van der Waals surface area contributed by atoms with Gasteiger partial charge in [-0.15, -0.1) is 0 Å². The summed E-state index contributed by atoms with van der Waals surface area (Å²) >= 11 is 0. The van der Waals surface area contributed by atoms with Crippen LogP contribution >= 0.6 is 0 Å². The number of anilines is 2. The molecule has 0 spiro atoms. The largest absolute Gasteiger partial charge is 0.326 e. The van der Waals surface area contributed by atoms with Gasteiger partial charge in [-0.1, -0.05) is 6.07 Å². The van der Waals surface area contributed by atoms with Crippen molar-refractivity contribution in [3.05, 3.63) is 58.5 Å². The molecule has 0 radical (unpaired) electrons. The van der Waals surface area contributed by atoms with Crippen molar-refractivity contribution < 1.29 is 9.59 Å². The molecule has 3 aromatic rings. The van der Waals surface area contributed by atoms with Crippen molar-refractivity contribution in [2.45, 2.75) is 18.9 Å². The molecule has 5 rings (SSSR count). The first kappa shape index (κ1) is 17.5. The maximum Gasteiger partial charge on any atom is 0.326 e. The second-order valence-corrected chi connectivity index (χ2v) is 7.62. The Morgan fingerprint density at radius 3 is 2.66 bits per heavy atom. The van der Waals surface area contributed by atoms with Gasteiger partial charge in [0.15, 0.2) is 0 Å². The molecule has 2 fully saturated rings. The fourth-order valence-corrected chi connectivity index (χ4v) is 3.80. The molecule has 3 amide bonds. The van der Waals surface area contributed by atoms with Crippen LogP contribution in [0.1, 0.15) is 29.2 Å². The summed E-state index contributed by atoms with van der Waals surface area (Å²) in [6, 6.07) is 12.7. The van der Waals surface area contributed by atoms with Gasteiger partial charge >= 0.3 is 11.7 Å². The Bertz CT molecular complexity index is 1190. The zero-order valence-corrected chi connectivity index (χ0v) is 16.0. The number of nitrogens with zero attached hydrogens (tertiary/aromatic N) is 3. The quantitative estimate of drug-likeness (QED) is 0.717. The Hall–Kier alpha value is -3.55. The number of aromatic nitrogens is 2. The van der Waals surface area contributed by atoms with Crippen molar-refractivity contribution >= 4 is 34.3 Å².